The highest BCUT2D eigenvalue weighted by Crippen LogP contribution is 2.36. The van der Waals surface area contributed by atoms with Gasteiger partial charge < -0.3 is 15.4 Å². The van der Waals surface area contributed by atoms with Crippen LogP contribution in [-0.2, 0) is 0 Å². The molecule has 0 radical (unpaired) electrons. The number of benzene rings is 1. The maximum absolute atomic E-state index is 5.45. The van der Waals surface area contributed by atoms with Gasteiger partial charge in [-0.15, -0.1) is 24.0 Å². The van der Waals surface area contributed by atoms with Crippen LogP contribution >= 0.6 is 35.7 Å². The maximum Gasteiger partial charge on any atom is 0.191 e. The van der Waals surface area contributed by atoms with Crippen LogP contribution in [0.2, 0.25) is 0 Å². The van der Waals surface area contributed by atoms with Gasteiger partial charge in [0.15, 0.2) is 5.96 Å². The first-order valence-electron chi connectivity index (χ1n) is 8.29. The van der Waals surface area contributed by atoms with Crippen molar-refractivity contribution in [2.45, 2.75) is 37.4 Å². The van der Waals surface area contributed by atoms with Crippen molar-refractivity contribution < 1.29 is 4.74 Å². The third-order valence-corrected chi connectivity index (χ3v) is 5.94. The molecular formula is C18H30IN3OS. The number of nitrogens with one attached hydrogen (secondary N) is 2. The zero-order chi connectivity index (χ0) is 16.7. The van der Waals surface area contributed by atoms with Gasteiger partial charge in [-0.3, -0.25) is 4.99 Å². The van der Waals surface area contributed by atoms with Gasteiger partial charge >= 0.3 is 0 Å². The lowest BCUT2D eigenvalue weighted by Gasteiger charge is -2.25. The number of aliphatic imine (C=N–C) groups is 1. The first kappa shape index (κ1) is 21.4. The topological polar surface area (TPSA) is 45.7 Å². The smallest absolute Gasteiger partial charge is 0.191 e. The van der Waals surface area contributed by atoms with Crippen molar-refractivity contribution in [1.29, 1.82) is 0 Å². The number of nitrogens with zero attached hydrogens (tertiary/aromatic N) is 1. The van der Waals surface area contributed by atoms with Crippen LogP contribution in [0.1, 0.15) is 38.2 Å². The van der Waals surface area contributed by atoms with Crippen LogP contribution in [0.5, 0.6) is 5.75 Å². The van der Waals surface area contributed by atoms with E-state index in [-0.39, 0.29) is 24.0 Å². The van der Waals surface area contributed by atoms with Gasteiger partial charge in [-0.25, -0.2) is 0 Å². The van der Waals surface area contributed by atoms with Gasteiger partial charge in [0, 0.05) is 30.8 Å². The number of para-hydroxylation sites is 1. The third kappa shape index (κ3) is 6.02. The Bertz CT molecular complexity index is 533. The van der Waals surface area contributed by atoms with Crippen molar-refractivity contribution in [3.8, 4) is 5.75 Å². The molecule has 1 saturated heterocycles. The lowest BCUT2D eigenvalue weighted by Crippen LogP contribution is -2.44. The van der Waals surface area contributed by atoms with Gasteiger partial charge in [0.25, 0.3) is 0 Å². The summed E-state index contributed by atoms with van der Waals surface area (Å²) in [4.78, 5) is 4.34. The number of hydrogen-bond acceptors (Lipinski definition) is 3. The van der Waals surface area contributed by atoms with E-state index in [0.717, 1.165) is 24.8 Å². The lowest BCUT2D eigenvalue weighted by molar-refractivity contribution is 0.406. The molecule has 0 bridgehead atoms. The predicted octanol–water partition coefficient (Wildman–Crippen LogP) is 3.87. The van der Waals surface area contributed by atoms with Crippen molar-refractivity contribution in [3.63, 3.8) is 0 Å². The molecule has 6 heteroatoms. The first-order chi connectivity index (χ1) is 11.1. The van der Waals surface area contributed by atoms with Gasteiger partial charge in [-0.2, -0.15) is 11.8 Å². The molecule has 2 N–H and O–H groups in total. The Hall–Kier alpha value is -0.630. The Morgan fingerprint density at radius 2 is 2.12 bits per heavy atom. The van der Waals surface area contributed by atoms with Gasteiger partial charge in [0.1, 0.15) is 5.75 Å². The Kier molecular flexibility index (Phi) is 9.26. The van der Waals surface area contributed by atoms with Gasteiger partial charge in [-0.1, -0.05) is 25.1 Å². The van der Waals surface area contributed by atoms with Gasteiger partial charge in [0.05, 0.1) is 7.11 Å². The molecule has 0 saturated carbocycles. The SMILES string of the molecule is CN=C(NCC(C)c1ccccc1OC)NCC1(C)CCCS1.I. The second kappa shape index (κ2) is 10.4. The molecule has 0 aliphatic carbocycles. The van der Waals surface area contributed by atoms with E-state index >= 15 is 0 Å². The maximum atomic E-state index is 5.45. The molecule has 136 valence electrons. The summed E-state index contributed by atoms with van der Waals surface area (Å²) in [7, 11) is 3.55. The zero-order valence-electron chi connectivity index (χ0n) is 15.1. The predicted molar refractivity (Wildman–Crippen MR) is 116 cm³/mol. The van der Waals surface area contributed by atoms with Gasteiger partial charge in [-0.05, 0) is 37.1 Å². The summed E-state index contributed by atoms with van der Waals surface area (Å²) in [6.45, 7) is 6.32. The molecule has 1 heterocycles. The van der Waals surface area contributed by atoms with Gasteiger partial charge in [0.2, 0.25) is 0 Å². The van der Waals surface area contributed by atoms with Crippen LogP contribution < -0.4 is 15.4 Å². The third-order valence-electron chi connectivity index (χ3n) is 4.40. The highest BCUT2D eigenvalue weighted by atomic mass is 127. The molecular weight excluding hydrogens is 433 g/mol. The summed E-state index contributed by atoms with van der Waals surface area (Å²) >= 11 is 2.06. The summed E-state index contributed by atoms with van der Waals surface area (Å²) in [5.41, 5.74) is 1.22. The van der Waals surface area contributed by atoms with E-state index in [0.29, 0.717) is 10.7 Å². The quantitative estimate of drug-likeness (QED) is 0.382. The molecule has 1 aliphatic heterocycles. The molecule has 24 heavy (non-hydrogen) atoms. The van der Waals surface area contributed by atoms with E-state index in [1.807, 2.05) is 19.2 Å². The van der Waals surface area contributed by atoms with E-state index in [9.17, 15) is 0 Å². The van der Waals surface area contributed by atoms with Crippen molar-refractivity contribution >= 4 is 41.7 Å². The number of hydrogen-bond donors (Lipinski definition) is 2. The molecule has 2 rings (SSSR count). The number of methoxy groups -OCH3 is 1. The number of thioether (sulfide) groups is 1. The molecule has 1 aromatic rings. The molecule has 0 amide bonds. The molecule has 1 aliphatic rings. The molecule has 0 spiro atoms. The summed E-state index contributed by atoms with van der Waals surface area (Å²) in [5.74, 6) is 3.44. The Morgan fingerprint density at radius 3 is 2.75 bits per heavy atom. The standard InChI is InChI=1S/C18H29N3OS.HI/c1-14(15-8-5-6-9-16(15)22-4)12-20-17(19-3)21-13-18(2)10-7-11-23-18;/h5-6,8-9,14H,7,10-13H2,1-4H3,(H2,19,20,21);1H. The normalized spacial score (nSPS) is 21.8. The lowest BCUT2D eigenvalue weighted by atomic mass is 10.0. The fourth-order valence-corrected chi connectivity index (χ4v) is 4.15. The first-order valence-corrected chi connectivity index (χ1v) is 9.28. The molecule has 0 aromatic heterocycles. The summed E-state index contributed by atoms with van der Waals surface area (Å²) in [6, 6.07) is 8.19. The molecule has 2 unspecified atom stereocenters. The highest BCUT2D eigenvalue weighted by molar-refractivity contribution is 14.0. The second-order valence-corrected chi connectivity index (χ2v) is 8.03. The molecule has 1 aromatic carbocycles. The van der Waals surface area contributed by atoms with Crippen LogP contribution in [-0.4, -0.2) is 43.7 Å². The van der Waals surface area contributed by atoms with Crippen molar-refractivity contribution in [2.24, 2.45) is 4.99 Å². The van der Waals surface area contributed by atoms with Crippen LogP contribution in [0.4, 0.5) is 0 Å². The summed E-state index contributed by atoms with van der Waals surface area (Å²) in [6.07, 6.45) is 2.60. The highest BCUT2D eigenvalue weighted by Gasteiger charge is 2.29. The van der Waals surface area contributed by atoms with E-state index in [2.05, 4.69) is 53.4 Å². The minimum absolute atomic E-state index is 0. The average Bonchev–Trinajstić information content (AvgIpc) is 3.01. The Morgan fingerprint density at radius 1 is 1.38 bits per heavy atom. The zero-order valence-corrected chi connectivity index (χ0v) is 18.2. The van der Waals surface area contributed by atoms with E-state index in [1.54, 1.807) is 7.11 Å². The van der Waals surface area contributed by atoms with Crippen molar-refractivity contribution in [2.75, 3.05) is 33.0 Å². The monoisotopic (exact) mass is 463 g/mol. The van der Waals surface area contributed by atoms with E-state index in [4.69, 9.17) is 4.74 Å². The van der Waals surface area contributed by atoms with Crippen molar-refractivity contribution in [3.05, 3.63) is 29.8 Å². The summed E-state index contributed by atoms with van der Waals surface area (Å²) < 4.78 is 5.79. The number of guanidine groups is 1. The summed E-state index contributed by atoms with van der Waals surface area (Å²) in [5, 5.41) is 6.91. The fourth-order valence-electron chi connectivity index (χ4n) is 2.90. The van der Waals surface area contributed by atoms with E-state index in [1.165, 1.54) is 24.2 Å². The minimum Gasteiger partial charge on any atom is -0.496 e. The van der Waals surface area contributed by atoms with Crippen LogP contribution in [0, 0.1) is 0 Å². The Balaban J connectivity index is 0.00000288. The van der Waals surface area contributed by atoms with Crippen molar-refractivity contribution in [1.82, 2.24) is 10.6 Å². The molecule has 4 nitrogen and oxygen atoms in total. The van der Waals surface area contributed by atoms with Crippen LogP contribution in [0.3, 0.4) is 0 Å². The number of rotatable bonds is 6. The second-order valence-electron chi connectivity index (χ2n) is 6.35. The average molecular weight is 463 g/mol. The largest absolute Gasteiger partial charge is 0.496 e. The van der Waals surface area contributed by atoms with Crippen LogP contribution in [0.25, 0.3) is 0 Å². The molecule has 1 fully saturated rings. The van der Waals surface area contributed by atoms with Crippen LogP contribution in [0.15, 0.2) is 29.3 Å². The number of ether oxygens (including phenoxy) is 1. The fraction of sp³-hybridized carbons (Fsp3) is 0.611. The molecule has 2 atom stereocenters. The van der Waals surface area contributed by atoms with E-state index < -0.39 is 0 Å². The Labute approximate surface area is 167 Å². The minimum atomic E-state index is 0. The number of halogens is 1.